The summed E-state index contributed by atoms with van der Waals surface area (Å²) in [6, 6.07) is 2.62. The Bertz CT molecular complexity index is 1190. The van der Waals surface area contributed by atoms with Gasteiger partial charge in [-0.3, -0.25) is 9.52 Å². The molecule has 1 fully saturated rings. The Hall–Kier alpha value is -2.53. The minimum atomic E-state index is -4.31. The first-order valence-corrected chi connectivity index (χ1v) is 13.0. The van der Waals surface area contributed by atoms with Crippen LogP contribution in [-0.2, 0) is 32.5 Å². The number of nitrogens with zero attached hydrogens (tertiary/aromatic N) is 1. The number of esters is 1. The van der Waals surface area contributed by atoms with Crippen LogP contribution in [0.25, 0.3) is 0 Å². The molecule has 0 saturated heterocycles. The summed E-state index contributed by atoms with van der Waals surface area (Å²) in [5, 5.41) is 0. The zero-order valence-corrected chi connectivity index (χ0v) is 19.7. The van der Waals surface area contributed by atoms with Crippen LogP contribution < -0.4 is 4.72 Å². The van der Waals surface area contributed by atoms with E-state index in [1.54, 1.807) is 4.90 Å². The van der Waals surface area contributed by atoms with Crippen LogP contribution in [0.1, 0.15) is 52.9 Å². The van der Waals surface area contributed by atoms with Gasteiger partial charge in [0.15, 0.2) is 15.8 Å². The number of fused-ring (bicyclic) bond motifs is 1. The highest BCUT2D eigenvalue weighted by Gasteiger charge is 2.36. The molecule has 178 valence electrons. The molecule has 1 aromatic carbocycles. The first-order chi connectivity index (χ1) is 15.7. The van der Waals surface area contributed by atoms with E-state index >= 15 is 0 Å². The minimum absolute atomic E-state index is 0.0152. The maximum atomic E-state index is 13.6. The fraction of sp³-hybridized carbons (Fsp3) is 0.455. The summed E-state index contributed by atoms with van der Waals surface area (Å²) < 4.78 is 59.8. The summed E-state index contributed by atoms with van der Waals surface area (Å²) in [6.07, 6.45) is 5.23. The predicted molar refractivity (Wildman–Crippen MR) is 119 cm³/mol. The number of sulfonamides is 1. The molecule has 4 rings (SSSR count). The number of halogens is 2. The lowest BCUT2D eigenvalue weighted by Crippen LogP contribution is -2.40. The third kappa shape index (κ3) is 4.74. The van der Waals surface area contributed by atoms with Gasteiger partial charge in [0.05, 0.1) is 24.9 Å². The van der Waals surface area contributed by atoms with Crippen molar-refractivity contribution in [2.75, 3.05) is 18.4 Å². The number of carbonyl (C=O) groups is 2. The second-order valence-corrected chi connectivity index (χ2v) is 11.2. The minimum Gasteiger partial charge on any atom is -0.465 e. The van der Waals surface area contributed by atoms with E-state index in [1.807, 2.05) is 0 Å². The summed E-state index contributed by atoms with van der Waals surface area (Å²) in [6.45, 7) is 0.610. The number of hydrogen-bond acceptors (Lipinski definition) is 6. The number of amides is 1. The molecule has 2 aromatic rings. The molecular formula is C22H24F2N2O5S2. The van der Waals surface area contributed by atoms with Crippen molar-refractivity contribution in [1.29, 1.82) is 0 Å². The summed E-state index contributed by atoms with van der Waals surface area (Å²) in [5.41, 5.74) is 0.299. The molecule has 0 atom stereocenters. The lowest BCUT2D eigenvalue weighted by molar-refractivity contribution is -0.137. The molecular weight excluding hydrogens is 474 g/mol. The monoisotopic (exact) mass is 498 g/mol. The maximum absolute atomic E-state index is 13.6. The number of benzene rings is 1. The van der Waals surface area contributed by atoms with E-state index < -0.39 is 27.6 Å². The summed E-state index contributed by atoms with van der Waals surface area (Å²) in [7, 11) is -3.15. The van der Waals surface area contributed by atoms with Gasteiger partial charge in [0.25, 0.3) is 10.0 Å². The smallest absolute Gasteiger partial charge is 0.340 e. The van der Waals surface area contributed by atoms with Gasteiger partial charge in [0.1, 0.15) is 0 Å². The molecule has 1 aliphatic carbocycles. The third-order valence-electron chi connectivity index (χ3n) is 6.10. The van der Waals surface area contributed by atoms with Crippen molar-refractivity contribution in [3.05, 3.63) is 45.8 Å². The molecule has 0 bridgehead atoms. The number of methoxy groups -OCH3 is 1. The molecule has 2 heterocycles. The fourth-order valence-electron chi connectivity index (χ4n) is 4.43. The maximum Gasteiger partial charge on any atom is 0.340 e. The molecule has 1 N–H and O–H groups in total. The first kappa shape index (κ1) is 23.6. The van der Waals surface area contributed by atoms with Crippen molar-refractivity contribution >= 4 is 38.9 Å². The van der Waals surface area contributed by atoms with E-state index in [1.165, 1.54) is 0 Å². The number of anilines is 1. The van der Waals surface area contributed by atoms with Crippen LogP contribution in [0, 0.1) is 17.6 Å². The van der Waals surface area contributed by atoms with Crippen LogP contribution in [0.5, 0.6) is 0 Å². The molecule has 1 amide bonds. The van der Waals surface area contributed by atoms with Crippen LogP contribution in [0.15, 0.2) is 22.4 Å². The Morgan fingerprint density at radius 2 is 1.88 bits per heavy atom. The summed E-state index contributed by atoms with van der Waals surface area (Å²) in [5.74, 6) is -3.06. The van der Waals surface area contributed by atoms with Crippen LogP contribution >= 0.6 is 11.3 Å². The first-order valence-electron chi connectivity index (χ1n) is 10.7. The van der Waals surface area contributed by atoms with E-state index in [-0.39, 0.29) is 33.8 Å². The lowest BCUT2D eigenvalue weighted by atomic mass is 9.88. The second kappa shape index (κ2) is 9.38. The van der Waals surface area contributed by atoms with Crippen molar-refractivity contribution in [1.82, 2.24) is 4.90 Å². The van der Waals surface area contributed by atoms with E-state index in [9.17, 15) is 26.8 Å². The molecule has 2 aliphatic rings. The molecule has 0 unspecified atom stereocenters. The van der Waals surface area contributed by atoms with Gasteiger partial charge >= 0.3 is 5.97 Å². The molecule has 1 saturated carbocycles. The van der Waals surface area contributed by atoms with Gasteiger partial charge in [-0.2, -0.15) is 0 Å². The number of hydrogen-bond donors (Lipinski definition) is 1. The number of rotatable bonds is 5. The average molecular weight is 499 g/mol. The number of ether oxygens (including phenoxy) is 1. The van der Waals surface area contributed by atoms with Gasteiger partial charge in [-0.05, 0) is 37.0 Å². The Balaban J connectivity index is 1.65. The van der Waals surface area contributed by atoms with Crippen LogP contribution in [0.2, 0.25) is 0 Å². The molecule has 7 nitrogen and oxygen atoms in total. The van der Waals surface area contributed by atoms with Crippen molar-refractivity contribution in [3.63, 3.8) is 0 Å². The van der Waals surface area contributed by atoms with Gasteiger partial charge in [-0.15, -0.1) is 11.3 Å². The Morgan fingerprint density at radius 1 is 1.15 bits per heavy atom. The standard InChI is InChI=1S/C22H24F2N2O5S2/c1-31-21(28)19-15-9-10-26(20(27)13-5-3-2-4-6-13)12-18(15)32-22(19)33(29,30)25-14-7-8-16(23)17(24)11-14/h7-8,11,13,25H,2-6,9-10,12H2,1H3. The van der Waals surface area contributed by atoms with Gasteiger partial charge in [0.2, 0.25) is 5.91 Å². The summed E-state index contributed by atoms with van der Waals surface area (Å²) in [4.78, 5) is 27.9. The van der Waals surface area contributed by atoms with Gasteiger partial charge < -0.3 is 9.64 Å². The quantitative estimate of drug-likeness (QED) is 0.627. The average Bonchev–Trinajstić information content (AvgIpc) is 3.21. The molecule has 0 spiro atoms. The summed E-state index contributed by atoms with van der Waals surface area (Å²) >= 11 is 0.894. The largest absolute Gasteiger partial charge is 0.465 e. The molecule has 1 aromatic heterocycles. The highest BCUT2D eigenvalue weighted by Crippen LogP contribution is 2.38. The van der Waals surface area contributed by atoms with Gasteiger partial charge in [-0.25, -0.2) is 22.0 Å². The van der Waals surface area contributed by atoms with Crippen LogP contribution in [0.3, 0.4) is 0 Å². The Kier molecular flexibility index (Phi) is 6.71. The molecule has 33 heavy (non-hydrogen) atoms. The van der Waals surface area contributed by atoms with E-state index in [0.29, 0.717) is 23.4 Å². The van der Waals surface area contributed by atoms with Crippen molar-refractivity contribution in [3.8, 4) is 0 Å². The topological polar surface area (TPSA) is 92.8 Å². The van der Waals surface area contributed by atoms with E-state index in [2.05, 4.69) is 4.72 Å². The third-order valence-corrected chi connectivity index (χ3v) is 9.21. The van der Waals surface area contributed by atoms with Gasteiger partial charge in [-0.1, -0.05) is 19.3 Å². The van der Waals surface area contributed by atoms with Crippen LogP contribution in [-0.4, -0.2) is 38.8 Å². The normalized spacial score (nSPS) is 16.9. The Morgan fingerprint density at radius 3 is 2.55 bits per heavy atom. The molecule has 11 heteroatoms. The Labute approximate surface area is 194 Å². The predicted octanol–water partition coefficient (Wildman–Crippen LogP) is 4.08. The van der Waals surface area contributed by atoms with Crippen molar-refractivity contribution in [2.45, 2.75) is 49.3 Å². The zero-order chi connectivity index (χ0) is 23.8. The molecule has 1 aliphatic heterocycles. The highest BCUT2D eigenvalue weighted by atomic mass is 32.2. The number of nitrogens with one attached hydrogen (secondary N) is 1. The fourth-order valence-corrected chi connectivity index (χ4v) is 7.38. The van der Waals surface area contributed by atoms with Crippen molar-refractivity contribution in [2.24, 2.45) is 5.92 Å². The number of thiophene rings is 1. The van der Waals surface area contributed by atoms with Gasteiger partial charge in [0, 0.05) is 23.4 Å². The highest BCUT2D eigenvalue weighted by molar-refractivity contribution is 7.94. The lowest BCUT2D eigenvalue weighted by Gasteiger charge is -2.32. The van der Waals surface area contributed by atoms with E-state index in [0.717, 1.165) is 68.7 Å². The second-order valence-electron chi connectivity index (χ2n) is 8.24. The zero-order valence-electron chi connectivity index (χ0n) is 18.0. The van der Waals surface area contributed by atoms with Crippen molar-refractivity contribution < 1.29 is 31.5 Å². The molecule has 0 radical (unpaired) electrons. The van der Waals surface area contributed by atoms with E-state index in [4.69, 9.17) is 4.74 Å². The number of carbonyl (C=O) groups excluding carboxylic acids is 2. The van der Waals surface area contributed by atoms with Crippen LogP contribution in [0.4, 0.5) is 14.5 Å². The SMILES string of the molecule is COC(=O)c1c(S(=O)(=O)Nc2ccc(F)c(F)c2)sc2c1CCN(C(=O)C1CCCCC1)C2.